The van der Waals surface area contributed by atoms with Crippen LogP contribution in [0.5, 0.6) is 0 Å². The summed E-state index contributed by atoms with van der Waals surface area (Å²) in [6.07, 6.45) is 1.07. The zero-order chi connectivity index (χ0) is 17.3. The van der Waals surface area contributed by atoms with Crippen molar-refractivity contribution in [3.05, 3.63) is 24.3 Å². The summed E-state index contributed by atoms with van der Waals surface area (Å²) in [5.74, 6) is 0. The number of fused-ring (bicyclic) bond motifs is 1. The van der Waals surface area contributed by atoms with E-state index in [4.69, 9.17) is 4.74 Å². The Labute approximate surface area is 144 Å². The standard InChI is InChI=1S/C17H23N3O3S/c1-17(2,3)23-16(21)20-10-8-12(9-11-20)24(22)15-18-13-6-4-5-7-14(13)19-15/h4-7,12H,8-11H2,1-3H3,(H,18,19). The van der Waals surface area contributed by atoms with Crippen molar-refractivity contribution in [1.82, 2.24) is 14.9 Å². The van der Waals surface area contributed by atoms with Crippen LogP contribution in [-0.2, 0) is 15.5 Å². The van der Waals surface area contributed by atoms with Crippen LogP contribution in [0.4, 0.5) is 4.79 Å². The number of aromatic nitrogens is 2. The number of rotatable bonds is 2. The molecule has 24 heavy (non-hydrogen) atoms. The van der Waals surface area contributed by atoms with E-state index in [1.165, 1.54) is 0 Å². The van der Waals surface area contributed by atoms with Gasteiger partial charge >= 0.3 is 6.09 Å². The number of aromatic amines is 1. The lowest BCUT2D eigenvalue weighted by Crippen LogP contribution is -2.43. The van der Waals surface area contributed by atoms with Crippen LogP contribution >= 0.6 is 0 Å². The van der Waals surface area contributed by atoms with E-state index in [1.807, 2.05) is 45.0 Å². The van der Waals surface area contributed by atoms with Gasteiger partial charge in [0.15, 0.2) is 5.16 Å². The SMILES string of the molecule is CC(C)(C)OC(=O)N1CCC(S(=O)c2nc3ccccc3[nH]2)CC1. The van der Waals surface area contributed by atoms with E-state index in [9.17, 15) is 9.00 Å². The second-order valence-corrected chi connectivity index (χ2v) is 8.67. The Hall–Kier alpha value is -1.89. The lowest BCUT2D eigenvalue weighted by Gasteiger charge is -2.32. The average molecular weight is 349 g/mol. The molecule has 1 aliphatic heterocycles. The molecule has 0 bridgehead atoms. The minimum atomic E-state index is -1.20. The molecule has 130 valence electrons. The first-order chi connectivity index (χ1) is 11.3. The first-order valence-corrected chi connectivity index (χ1v) is 9.38. The summed E-state index contributed by atoms with van der Waals surface area (Å²) in [4.78, 5) is 21.3. The zero-order valence-corrected chi connectivity index (χ0v) is 15.1. The smallest absolute Gasteiger partial charge is 0.410 e. The molecule has 0 saturated carbocycles. The van der Waals surface area contributed by atoms with Gasteiger partial charge in [0.05, 0.1) is 21.8 Å². The fourth-order valence-electron chi connectivity index (χ4n) is 2.76. The monoisotopic (exact) mass is 349 g/mol. The van der Waals surface area contributed by atoms with Crippen molar-refractivity contribution in [2.24, 2.45) is 0 Å². The number of nitrogens with zero attached hydrogens (tertiary/aromatic N) is 2. The van der Waals surface area contributed by atoms with Crippen LogP contribution in [0.25, 0.3) is 11.0 Å². The van der Waals surface area contributed by atoms with E-state index in [2.05, 4.69) is 9.97 Å². The van der Waals surface area contributed by atoms with Crippen LogP contribution in [0.1, 0.15) is 33.6 Å². The minimum absolute atomic E-state index is 0.00393. The third-order valence-corrected chi connectivity index (χ3v) is 5.61. The largest absolute Gasteiger partial charge is 0.444 e. The molecule has 1 N–H and O–H groups in total. The average Bonchev–Trinajstić information content (AvgIpc) is 2.96. The molecule has 2 heterocycles. The number of nitrogens with one attached hydrogen (secondary N) is 1. The molecule has 1 aromatic carbocycles. The summed E-state index contributed by atoms with van der Waals surface area (Å²) in [7, 11) is -1.20. The van der Waals surface area contributed by atoms with Crippen molar-refractivity contribution in [1.29, 1.82) is 0 Å². The Morgan fingerprint density at radius 1 is 1.29 bits per heavy atom. The maximum atomic E-state index is 12.8. The molecule has 1 aliphatic rings. The maximum absolute atomic E-state index is 12.8. The molecule has 0 spiro atoms. The molecule has 1 aromatic heterocycles. The maximum Gasteiger partial charge on any atom is 0.410 e. The number of para-hydroxylation sites is 2. The van der Waals surface area contributed by atoms with Gasteiger partial charge < -0.3 is 14.6 Å². The first-order valence-electron chi connectivity index (χ1n) is 8.17. The number of hydrogen-bond donors (Lipinski definition) is 1. The number of hydrogen-bond acceptors (Lipinski definition) is 4. The highest BCUT2D eigenvalue weighted by atomic mass is 32.2. The van der Waals surface area contributed by atoms with Crippen LogP contribution in [0.15, 0.2) is 29.4 Å². The molecule has 6 nitrogen and oxygen atoms in total. The molecule has 1 unspecified atom stereocenters. The van der Waals surface area contributed by atoms with E-state index in [0.717, 1.165) is 11.0 Å². The van der Waals surface area contributed by atoms with E-state index in [1.54, 1.807) is 4.90 Å². The van der Waals surface area contributed by atoms with Gasteiger partial charge in [0.25, 0.3) is 0 Å². The van der Waals surface area contributed by atoms with Crippen LogP contribution < -0.4 is 0 Å². The number of carbonyl (C=O) groups excluding carboxylic acids is 1. The van der Waals surface area contributed by atoms with E-state index >= 15 is 0 Å². The van der Waals surface area contributed by atoms with Gasteiger partial charge in [-0.15, -0.1) is 0 Å². The predicted molar refractivity (Wildman–Crippen MR) is 93.3 cm³/mol. The summed E-state index contributed by atoms with van der Waals surface area (Å²) < 4.78 is 18.1. The molecule has 1 atom stereocenters. The Morgan fingerprint density at radius 2 is 1.96 bits per heavy atom. The van der Waals surface area contributed by atoms with Crippen LogP contribution in [-0.4, -0.2) is 49.1 Å². The third kappa shape index (κ3) is 3.77. The highest BCUT2D eigenvalue weighted by molar-refractivity contribution is 7.85. The molecule has 2 aromatic rings. The number of imidazole rings is 1. The van der Waals surface area contributed by atoms with E-state index in [0.29, 0.717) is 31.1 Å². The molecule has 0 radical (unpaired) electrons. The molecule has 0 aliphatic carbocycles. The molecule has 1 fully saturated rings. The predicted octanol–water partition coefficient (Wildman–Crippen LogP) is 3.07. The summed E-state index contributed by atoms with van der Waals surface area (Å²) >= 11 is 0. The zero-order valence-electron chi connectivity index (χ0n) is 14.2. The van der Waals surface area contributed by atoms with Crippen LogP contribution in [0.2, 0.25) is 0 Å². The summed E-state index contributed by atoms with van der Waals surface area (Å²) in [5, 5.41) is 0.524. The van der Waals surface area contributed by atoms with Gasteiger partial charge in [0, 0.05) is 18.3 Å². The molecular formula is C17H23N3O3S. The number of piperidine rings is 1. The second kappa shape index (κ2) is 6.55. The number of carbonyl (C=O) groups is 1. The van der Waals surface area contributed by atoms with Gasteiger partial charge in [-0.3, -0.25) is 4.21 Å². The van der Waals surface area contributed by atoms with Gasteiger partial charge in [-0.1, -0.05) is 12.1 Å². The topological polar surface area (TPSA) is 75.3 Å². The third-order valence-electron chi connectivity index (χ3n) is 3.95. The summed E-state index contributed by atoms with van der Waals surface area (Å²) in [6.45, 7) is 6.69. The lowest BCUT2D eigenvalue weighted by molar-refractivity contribution is 0.0218. The Balaban J connectivity index is 1.62. The number of likely N-dealkylation sites (tertiary alicyclic amines) is 1. The second-order valence-electron chi connectivity index (χ2n) is 7.02. The van der Waals surface area contributed by atoms with Crippen molar-refractivity contribution in [2.75, 3.05) is 13.1 Å². The van der Waals surface area contributed by atoms with Crippen molar-refractivity contribution < 1.29 is 13.7 Å². The molecule has 1 amide bonds. The van der Waals surface area contributed by atoms with Crippen molar-refractivity contribution in [3.63, 3.8) is 0 Å². The van der Waals surface area contributed by atoms with Crippen molar-refractivity contribution in [2.45, 2.75) is 49.6 Å². The van der Waals surface area contributed by atoms with E-state index in [-0.39, 0.29) is 11.3 Å². The van der Waals surface area contributed by atoms with Gasteiger partial charge in [-0.05, 0) is 45.7 Å². The number of H-pyrrole nitrogens is 1. The summed E-state index contributed by atoms with van der Waals surface area (Å²) in [5.41, 5.74) is 1.23. The van der Waals surface area contributed by atoms with Gasteiger partial charge in [0.2, 0.25) is 0 Å². The Bertz CT molecular complexity index is 725. The van der Waals surface area contributed by atoms with E-state index < -0.39 is 16.4 Å². The highest BCUT2D eigenvalue weighted by Crippen LogP contribution is 2.23. The van der Waals surface area contributed by atoms with Gasteiger partial charge in [0.1, 0.15) is 5.60 Å². The van der Waals surface area contributed by atoms with Crippen LogP contribution in [0, 0.1) is 0 Å². The van der Waals surface area contributed by atoms with Gasteiger partial charge in [-0.25, -0.2) is 9.78 Å². The normalized spacial score (nSPS) is 17.9. The van der Waals surface area contributed by atoms with Crippen LogP contribution in [0.3, 0.4) is 0 Å². The van der Waals surface area contributed by atoms with Gasteiger partial charge in [-0.2, -0.15) is 0 Å². The fraction of sp³-hybridized carbons (Fsp3) is 0.529. The Kier molecular flexibility index (Phi) is 4.62. The molecule has 7 heteroatoms. The quantitative estimate of drug-likeness (QED) is 0.904. The number of ether oxygens (including phenoxy) is 1. The Morgan fingerprint density at radius 3 is 2.58 bits per heavy atom. The lowest BCUT2D eigenvalue weighted by atomic mass is 10.1. The fourth-order valence-corrected chi connectivity index (χ4v) is 4.12. The number of benzene rings is 1. The highest BCUT2D eigenvalue weighted by Gasteiger charge is 2.30. The molecular weight excluding hydrogens is 326 g/mol. The summed E-state index contributed by atoms with van der Waals surface area (Å²) in [6, 6.07) is 7.66. The van der Waals surface area contributed by atoms with Crippen molar-refractivity contribution >= 4 is 27.9 Å². The number of amides is 1. The molecule has 3 rings (SSSR count). The minimum Gasteiger partial charge on any atom is -0.444 e. The first kappa shape index (κ1) is 17.0. The van der Waals surface area contributed by atoms with Crippen molar-refractivity contribution in [3.8, 4) is 0 Å². The molecule has 1 saturated heterocycles.